The Morgan fingerprint density at radius 3 is 2.68 bits per heavy atom. The summed E-state index contributed by atoms with van der Waals surface area (Å²) in [5, 5.41) is 5.73. The van der Waals surface area contributed by atoms with Crippen LogP contribution in [0.5, 0.6) is 0 Å². The minimum Gasteiger partial charge on any atom is -0.306 e. The summed E-state index contributed by atoms with van der Waals surface area (Å²) in [5.74, 6) is 0.535. The number of rotatable bonds is 4. The Hall–Kier alpha value is -3.03. The molecule has 5 nitrogen and oxygen atoms in total. The van der Waals surface area contributed by atoms with Crippen LogP contribution in [0.1, 0.15) is 16.2 Å². The van der Waals surface area contributed by atoms with E-state index in [0.29, 0.717) is 27.4 Å². The molecule has 0 saturated carbocycles. The van der Waals surface area contributed by atoms with E-state index in [1.54, 1.807) is 47.2 Å². The van der Waals surface area contributed by atoms with Crippen molar-refractivity contribution >= 4 is 34.7 Å². The standard InChI is InChI=1S/C20H14ClFN4OS/c1-12-23-10-18(25-19(27)15-4-2-3-5-16(15)21)26(12)20-24-17(11-28-20)13-6-8-14(22)9-7-13/h2-11H,1H3,(H,25,27). The van der Waals surface area contributed by atoms with E-state index in [-0.39, 0.29) is 11.7 Å². The minimum absolute atomic E-state index is 0.297. The van der Waals surface area contributed by atoms with E-state index in [4.69, 9.17) is 11.6 Å². The van der Waals surface area contributed by atoms with Gasteiger partial charge in [0, 0.05) is 10.9 Å². The molecular formula is C20H14ClFN4OS. The fraction of sp³-hybridized carbons (Fsp3) is 0.0500. The highest BCUT2D eigenvalue weighted by Crippen LogP contribution is 2.28. The van der Waals surface area contributed by atoms with Gasteiger partial charge in [0.2, 0.25) is 0 Å². The molecule has 0 spiro atoms. The van der Waals surface area contributed by atoms with Crippen LogP contribution in [0.4, 0.5) is 10.2 Å². The van der Waals surface area contributed by atoms with E-state index in [1.165, 1.54) is 23.5 Å². The molecule has 0 aliphatic heterocycles. The van der Waals surface area contributed by atoms with Crippen molar-refractivity contribution in [2.24, 2.45) is 0 Å². The Labute approximate surface area is 169 Å². The number of hydrogen-bond donors (Lipinski definition) is 1. The second-order valence-electron chi connectivity index (χ2n) is 5.98. The number of imidazole rings is 1. The molecule has 2 aromatic heterocycles. The van der Waals surface area contributed by atoms with E-state index in [2.05, 4.69) is 15.3 Å². The first kappa shape index (κ1) is 18.3. The summed E-state index contributed by atoms with van der Waals surface area (Å²) in [6, 6.07) is 13.0. The predicted octanol–water partition coefficient (Wildman–Crippen LogP) is 5.35. The monoisotopic (exact) mass is 412 g/mol. The SMILES string of the molecule is Cc1ncc(NC(=O)c2ccccc2Cl)n1-c1nc(-c2ccc(F)cc2)cs1. The quantitative estimate of drug-likeness (QED) is 0.491. The zero-order valence-corrected chi connectivity index (χ0v) is 16.3. The Balaban J connectivity index is 1.65. The molecule has 0 atom stereocenters. The van der Waals surface area contributed by atoms with Crippen molar-refractivity contribution in [2.75, 3.05) is 5.32 Å². The molecule has 140 valence electrons. The van der Waals surface area contributed by atoms with Gasteiger partial charge < -0.3 is 5.32 Å². The van der Waals surface area contributed by atoms with Crippen LogP contribution in [0.25, 0.3) is 16.4 Å². The molecule has 0 aliphatic carbocycles. The maximum absolute atomic E-state index is 13.1. The topological polar surface area (TPSA) is 59.8 Å². The van der Waals surface area contributed by atoms with Crippen molar-refractivity contribution in [3.63, 3.8) is 0 Å². The van der Waals surface area contributed by atoms with Gasteiger partial charge in [-0.3, -0.25) is 9.36 Å². The number of carbonyl (C=O) groups is 1. The lowest BCUT2D eigenvalue weighted by atomic mass is 10.2. The van der Waals surface area contributed by atoms with Crippen molar-refractivity contribution in [3.8, 4) is 16.4 Å². The maximum Gasteiger partial charge on any atom is 0.258 e. The van der Waals surface area contributed by atoms with Crippen molar-refractivity contribution in [1.29, 1.82) is 0 Å². The molecule has 0 radical (unpaired) electrons. The first-order valence-electron chi connectivity index (χ1n) is 8.35. The van der Waals surface area contributed by atoms with Crippen LogP contribution >= 0.6 is 22.9 Å². The predicted molar refractivity (Wildman–Crippen MR) is 109 cm³/mol. The molecule has 2 aromatic carbocycles. The zero-order chi connectivity index (χ0) is 19.7. The number of aryl methyl sites for hydroxylation is 1. The number of hydrogen-bond acceptors (Lipinski definition) is 4. The highest BCUT2D eigenvalue weighted by molar-refractivity contribution is 7.12. The van der Waals surface area contributed by atoms with Gasteiger partial charge in [-0.05, 0) is 43.3 Å². The summed E-state index contributed by atoms with van der Waals surface area (Å²) in [4.78, 5) is 21.5. The number of nitrogens with zero attached hydrogens (tertiary/aromatic N) is 3. The van der Waals surface area contributed by atoms with E-state index < -0.39 is 0 Å². The number of thiazole rings is 1. The largest absolute Gasteiger partial charge is 0.306 e. The second kappa shape index (κ2) is 7.53. The van der Waals surface area contributed by atoms with Crippen LogP contribution in [0, 0.1) is 12.7 Å². The maximum atomic E-state index is 13.1. The summed E-state index contributed by atoms with van der Waals surface area (Å²) in [6.45, 7) is 1.82. The van der Waals surface area contributed by atoms with Crippen LogP contribution in [0.15, 0.2) is 60.1 Å². The first-order valence-corrected chi connectivity index (χ1v) is 9.61. The Kier molecular flexibility index (Phi) is 4.93. The molecule has 4 rings (SSSR count). The van der Waals surface area contributed by atoms with Crippen molar-refractivity contribution < 1.29 is 9.18 Å². The number of halogens is 2. The number of aromatic nitrogens is 3. The van der Waals surface area contributed by atoms with Crippen LogP contribution < -0.4 is 5.32 Å². The summed E-state index contributed by atoms with van der Waals surface area (Å²) in [7, 11) is 0. The third-order valence-electron chi connectivity index (χ3n) is 4.12. The fourth-order valence-electron chi connectivity index (χ4n) is 2.72. The Morgan fingerprint density at radius 1 is 1.18 bits per heavy atom. The Morgan fingerprint density at radius 2 is 1.93 bits per heavy atom. The zero-order valence-electron chi connectivity index (χ0n) is 14.7. The van der Waals surface area contributed by atoms with Gasteiger partial charge in [0.05, 0.1) is 22.5 Å². The molecule has 2 heterocycles. The molecule has 1 amide bonds. The second-order valence-corrected chi connectivity index (χ2v) is 7.23. The number of amides is 1. The first-order chi connectivity index (χ1) is 13.5. The van der Waals surface area contributed by atoms with Crippen molar-refractivity contribution in [3.05, 3.63) is 82.3 Å². The van der Waals surface area contributed by atoms with Gasteiger partial charge in [-0.2, -0.15) is 0 Å². The lowest BCUT2D eigenvalue weighted by Gasteiger charge is -2.09. The Bertz CT molecular complexity index is 1150. The lowest BCUT2D eigenvalue weighted by Crippen LogP contribution is -2.15. The third-order valence-corrected chi connectivity index (χ3v) is 5.28. The number of anilines is 1. The number of carbonyl (C=O) groups excluding carboxylic acids is 1. The molecule has 0 saturated heterocycles. The third kappa shape index (κ3) is 3.54. The van der Waals surface area contributed by atoms with Gasteiger partial charge in [0.15, 0.2) is 5.13 Å². The van der Waals surface area contributed by atoms with E-state index in [9.17, 15) is 9.18 Å². The molecule has 8 heteroatoms. The molecule has 0 fully saturated rings. The van der Waals surface area contributed by atoms with Crippen LogP contribution in [-0.4, -0.2) is 20.4 Å². The van der Waals surface area contributed by atoms with Gasteiger partial charge >= 0.3 is 0 Å². The molecule has 0 bridgehead atoms. The van der Waals surface area contributed by atoms with Crippen LogP contribution in [-0.2, 0) is 0 Å². The highest BCUT2D eigenvalue weighted by atomic mass is 35.5. The van der Waals surface area contributed by atoms with Crippen LogP contribution in [0.2, 0.25) is 5.02 Å². The lowest BCUT2D eigenvalue weighted by molar-refractivity contribution is 0.102. The van der Waals surface area contributed by atoms with Crippen molar-refractivity contribution in [1.82, 2.24) is 14.5 Å². The highest BCUT2D eigenvalue weighted by Gasteiger charge is 2.17. The van der Waals surface area contributed by atoms with Crippen LogP contribution in [0.3, 0.4) is 0 Å². The number of nitrogens with one attached hydrogen (secondary N) is 1. The molecule has 28 heavy (non-hydrogen) atoms. The van der Waals surface area contributed by atoms with E-state index in [0.717, 1.165) is 11.3 Å². The molecule has 4 aromatic rings. The smallest absolute Gasteiger partial charge is 0.258 e. The minimum atomic E-state index is -0.331. The van der Waals surface area contributed by atoms with Gasteiger partial charge in [0.1, 0.15) is 17.5 Å². The molecular weight excluding hydrogens is 399 g/mol. The summed E-state index contributed by atoms with van der Waals surface area (Å²) >= 11 is 7.51. The van der Waals surface area contributed by atoms with Gasteiger partial charge in [-0.15, -0.1) is 11.3 Å². The summed E-state index contributed by atoms with van der Waals surface area (Å²) in [6.07, 6.45) is 1.57. The number of benzene rings is 2. The fourth-order valence-corrected chi connectivity index (χ4v) is 3.84. The van der Waals surface area contributed by atoms with Gasteiger partial charge in [0.25, 0.3) is 5.91 Å². The van der Waals surface area contributed by atoms with Gasteiger partial charge in [-0.25, -0.2) is 14.4 Å². The molecule has 0 aliphatic rings. The van der Waals surface area contributed by atoms with Gasteiger partial charge in [-0.1, -0.05) is 23.7 Å². The van der Waals surface area contributed by atoms with E-state index >= 15 is 0 Å². The van der Waals surface area contributed by atoms with Crippen molar-refractivity contribution in [2.45, 2.75) is 6.92 Å². The summed E-state index contributed by atoms with van der Waals surface area (Å²) < 4.78 is 14.9. The molecule has 0 unspecified atom stereocenters. The average molecular weight is 413 g/mol. The van der Waals surface area contributed by atoms with E-state index in [1.807, 2.05) is 12.3 Å². The average Bonchev–Trinajstić information content (AvgIpc) is 3.29. The normalized spacial score (nSPS) is 10.8. The summed E-state index contributed by atoms with van der Waals surface area (Å²) in [5.41, 5.74) is 1.90. The molecule has 1 N–H and O–H groups in total.